The molecule has 2 aromatic carbocycles. The number of carboxylic acids is 1. The van der Waals surface area contributed by atoms with Crippen LogP contribution in [0.25, 0.3) is 16.8 Å². The molecule has 3 aromatic rings. The maximum Gasteiger partial charge on any atom is 0.119 e. The number of carbonyl (C=O) groups is 1. The van der Waals surface area contributed by atoms with Gasteiger partial charge >= 0.3 is 0 Å². The molecule has 0 saturated heterocycles. The predicted octanol–water partition coefficient (Wildman–Crippen LogP) is 2.53. The van der Waals surface area contributed by atoms with Gasteiger partial charge < -0.3 is 14.6 Å². The molecule has 0 unspecified atom stereocenters. The van der Waals surface area contributed by atoms with E-state index in [0.29, 0.717) is 11.3 Å². The number of hydrogen-bond donors (Lipinski definition) is 0. The minimum absolute atomic E-state index is 0.0909. The summed E-state index contributed by atoms with van der Waals surface area (Å²) in [5.74, 6) is -0.765. The summed E-state index contributed by atoms with van der Waals surface area (Å²) < 4.78 is 6.93. The van der Waals surface area contributed by atoms with Crippen LogP contribution in [-0.2, 0) is 0 Å². The van der Waals surface area contributed by atoms with Gasteiger partial charge in [-0.05, 0) is 49.7 Å². The highest BCUT2D eigenvalue weighted by atomic mass is 16.5. The Morgan fingerprint density at radius 3 is 2.46 bits per heavy atom. The fraction of sp³-hybridized carbons (Fsp3) is 0.158. The average molecular weight is 321 g/mol. The number of rotatable bonds is 4. The number of para-hydroxylation sites is 1. The normalized spacial score (nSPS) is 10.6. The van der Waals surface area contributed by atoms with Gasteiger partial charge in [-0.15, -0.1) is 0 Å². The Labute approximate surface area is 140 Å². The number of methoxy groups -OCH3 is 1. The van der Waals surface area contributed by atoms with Crippen molar-refractivity contribution in [3.05, 3.63) is 65.5 Å². The topological polar surface area (TPSA) is 67.2 Å². The monoisotopic (exact) mass is 321 g/mol. The Balaban J connectivity index is 2.21. The molecule has 1 aromatic heterocycles. The smallest absolute Gasteiger partial charge is 0.119 e. The molecular formula is C19H17N2O3-. The van der Waals surface area contributed by atoms with E-state index in [0.717, 1.165) is 22.6 Å². The molecule has 0 atom stereocenters. The van der Waals surface area contributed by atoms with Gasteiger partial charge in [-0.2, -0.15) is 5.10 Å². The Morgan fingerprint density at radius 1 is 1.12 bits per heavy atom. The summed E-state index contributed by atoms with van der Waals surface area (Å²) in [7, 11) is 1.50. The van der Waals surface area contributed by atoms with Crippen molar-refractivity contribution in [2.75, 3.05) is 7.11 Å². The summed E-state index contributed by atoms with van der Waals surface area (Å²) in [5, 5.41) is 16.1. The number of hydrogen-bond acceptors (Lipinski definition) is 4. The van der Waals surface area contributed by atoms with Gasteiger partial charge in [0.05, 0.1) is 24.5 Å². The molecule has 5 heteroatoms. The lowest BCUT2D eigenvalue weighted by Crippen LogP contribution is -2.23. The SMILES string of the molecule is COc1ccc(-c2c(C)nn(-c3ccccc3)c2C)c(C(=O)[O-])c1. The molecule has 0 bridgehead atoms. The van der Waals surface area contributed by atoms with Crippen molar-refractivity contribution in [2.24, 2.45) is 0 Å². The molecule has 3 rings (SSSR count). The maximum atomic E-state index is 11.6. The number of aromatic carboxylic acids is 1. The fourth-order valence-corrected chi connectivity index (χ4v) is 2.89. The van der Waals surface area contributed by atoms with Crippen molar-refractivity contribution in [2.45, 2.75) is 13.8 Å². The average Bonchev–Trinajstić information content (AvgIpc) is 2.89. The molecule has 5 nitrogen and oxygen atoms in total. The predicted molar refractivity (Wildman–Crippen MR) is 89.4 cm³/mol. The molecule has 0 amide bonds. The molecule has 0 aliphatic rings. The van der Waals surface area contributed by atoms with Crippen LogP contribution in [0.3, 0.4) is 0 Å². The van der Waals surface area contributed by atoms with Crippen molar-refractivity contribution >= 4 is 5.97 Å². The van der Waals surface area contributed by atoms with Gasteiger partial charge in [0.15, 0.2) is 0 Å². The van der Waals surface area contributed by atoms with Crippen LogP contribution in [0.2, 0.25) is 0 Å². The third-order valence-corrected chi connectivity index (χ3v) is 4.01. The summed E-state index contributed by atoms with van der Waals surface area (Å²) in [6.07, 6.45) is 0. The van der Waals surface area contributed by atoms with Crippen LogP contribution in [0.15, 0.2) is 48.5 Å². The van der Waals surface area contributed by atoms with Crippen molar-refractivity contribution in [1.29, 1.82) is 0 Å². The van der Waals surface area contributed by atoms with Crippen LogP contribution in [0, 0.1) is 13.8 Å². The van der Waals surface area contributed by atoms with Crippen LogP contribution in [0.4, 0.5) is 0 Å². The zero-order chi connectivity index (χ0) is 17.3. The van der Waals surface area contributed by atoms with E-state index >= 15 is 0 Å². The second kappa shape index (κ2) is 6.20. The zero-order valence-electron chi connectivity index (χ0n) is 13.7. The lowest BCUT2D eigenvalue weighted by Gasteiger charge is -2.13. The Bertz CT molecular complexity index is 898. The summed E-state index contributed by atoms with van der Waals surface area (Å²) in [4.78, 5) is 11.6. The molecule has 0 N–H and O–H groups in total. The molecule has 0 spiro atoms. The molecular weight excluding hydrogens is 304 g/mol. The standard InChI is InChI=1S/C19H18N2O3/c1-12-18(13(2)21(20-12)14-7-5-4-6-8-14)16-10-9-15(24-3)11-17(16)19(22)23/h4-11H,1-3H3,(H,22,23)/p-1. The minimum Gasteiger partial charge on any atom is -0.545 e. The second-order valence-corrected chi connectivity index (χ2v) is 5.49. The van der Waals surface area contributed by atoms with Gasteiger partial charge in [0.25, 0.3) is 0 Å². The van der Waals surface area contributed by atoms with Crippen molar-refractivity contribution in [3.63, 3.8) is 0 Å². The number of ether oxygens (including phenoxy) is 1. The van der Waals surface area contributed by atoms with Crippen molar-refractivity contribution < 1.29 is 14.6 Å². The summed E-state index contributed by atoms with van der Waals surface area (Å²) in [6.45, 7) is 3.79. The van der Waals surface area contributed by atoms with E-state index in [1.165, 1.54) is 13.2 Å². The number of carbonyl (C=O) groups excluding carboxylic acids is 1. The largest absolute Gasteiger partial charge is 0.545 e. The van der Waals surface area contributed by atoms with Gasteiger partial charge in [0.1, 0.15) is 5.75 Å². The third-order valence-electron chi connectivity index (χ3n) is 4.01. The quantitative estimate of drug-likeness (QED) is 0.740. The molecule has 122 valence electrons. The Hall–Kier alpha value is -3.08. The van der Waals surface area contributed by atoms with E-state index in [1.54, 1.807) is 12.1 Å². The van der Waals surface area contributed by atoms with E-state index in [9.17, 15) is 9.90 Å². The first-order valence-electron chi connectivity index (χ1n) is 7.54. The number of benzene rings is 2. The number of aryl methyl sites for hydroxylation is 1. The van der Waals surface area contributed by atoms with Crippen LogP contribution in [-0.4, -0.2) is 22.9 Å². The van der Waals surface area contributed by atoms with Crippen LogP contribution in [0.5, 0.6) is 5.75 Å². The van der Waals surface area contributed by atoms with Crippen LogP contribution in [0.1, 0.15) is 21.7 Å². The molecule has 0 fully saturated rings. The van der Waals surface area contributed by atoms with E-state index in [1.807, 2.05) is 48.9 Å². The maximum absolute atomic E-state index is 11.6. The summed E-state index contributed by atoms with van der Waals surface area (Å²) in [6, 6.07) is 14.7. The second-order valence-electron chi connectivity index (χ2n) is 5.49. The lowest BCUT2D eigenvalue weighted by atomic mass is 9.97. The summed E-state index contributed by atoms with van der Waals surface area (Å²) in [5.41, 5.74) is 4.00. The highest BCUT2D eigenvalue weighted by molar-refractivity contribution is 5.96. The molecule has 0 radical (unpaired) electrons. The van der Waals surface area contributed by atoms with Crippen LogP contribution < -0.4 is 9.84 Å². The van der Waals surface area contributed by atoms with Gasteiger partial charge in [-0.3, -0.25) is 0 Å². The van der Waals surface area contributed by atoms with E-state index in [4.69, 9.17) is 4.74 Å². The first kappa shape index (κ1) is 15.8. The Kier molecular flexibility index (Phi) is 4.08. The first-order valence-corrected chi connectivity index (χ1v) is 7.54. The number of carboxylic acid groups (broad SMARTS) is 1. The van der Waals surface area contributed by atoms with E-state index in [2.05, 4.69) is 5.10 Å². The number of aromatic nitrogens is 2. The first-order chi connectivity index (χ1) is 11.5. The molecule has 24 heavy (non-hydrogen) atoms. The van der Waals surface area contributed by atoms with Gasteiger partial charge in [-0.1, -0.05) is 18.2 Å². The lowest BCUT2D eigenvalue weighted by molar-refractivity contribution is -0.254. The number of nitrogens with zero attached hydrogens (tertiary/aromatic N) is 2. The summed E-state index contributed by atoms with van der Waals surface area (Å²) >= 11 is 0. The molecule has 0 aliphatic heterocycles. The highest BCUT2D eigenvalue weighted by Gasteiger charge is 2.18. The van der Waals surface area contributed by atoms with E-state index < -0.39 is 5.97 Å². The molecule has 0 saturated carbocycles. The molecule has 0 aliphatic carbocycles. The van der Waals surface area contributed by atoms with Crippen molar-refractivity contribution in [3.8, 4) is 22.6 Å². The van der Waals surface area contributed by atoms with Gasteiger partial charge in [-0.25, -0.2) is 4.68 Å². The Morgan fingerprint density at radius 2 is 1.83 bits per heavy atom. The third kappa shape index (κ3) is 2.65. The minimum atomic E-state index is -1.24. The van der Waals surface area contributed by atoms with Crippen molar-refractivity contribution in [1.82, 2.24) is 9.78 Å². The van der Waals surface area contributed by atoms with Gasteiger partial charge in [0, 0.05) is 16.8 Å². The van der Waals surface area contributed by atoms with Gasteiger partial charge in [0.2, 0.25) is 0 Å². The van der Waals surface area contributed by atoms with Crippen LogP contribution >= 0.6 is 0 Å². The highest BCUT2D eigenvalue weighted by Crippen LogP contribution is 2.33. The fourth-order valence-electron chi connectivity index (χ4n) is 2.89. The molecule has 1 heterocycles. The van der Waals surface area contributed by atoms with E-state index in [-0.39, 0.29) is 5.56 Å². The zero-order valence-corrected chi connectivity index (χ0v) is 13.7.